The van der Waals surface area contributed by atoms with Crippen LogP contribution < -0.4 is 48.9 Å². The summed E-state index contributed by atoms with van der Waals surface area (Å²) in [5, 5.41) is 53.3. The van der Waals surface area contributed by atoms with E-state index < -0.39 is 22.3 Å². The van der Waals surface area contributed by atoms with Gasteiger partial charge in [0, 0.05) is 58.9 Å². The van der Waals surface area contributed by atoms with Crippen molar-refractivity contribution >= 4 is 187 Å². The molecule has 0 unspecified atom stereocenters. The number of hydrazine groups is 3. The van der Waals surface area contributed by atoms with Gasteiger partial charge in [-0.15, -0.1) is 0 Å². The Labute approximate surface area is 503 Å². The number of nitrogens with one attached hydrogen (secondary N) is 8. The second kappa shape index (κ2) is 42.6. The summed E-state index contributed by atoms with van der Waals surface area (Å²) in [4.78, 5) is 45.9. The maximum atomic E-state index is 12.4. The molecule has 0 spiro atoms. The number of nitrogens with two attached hydrogens (primary N) is 1. The van der Waals surface area contributed by atoms with Crippen LogP contribution in [0.3, 0.4) is 0 Å². The Balaban J connectivity index is -0.000000626. The first kappa shape index (κ1) is 74.8. The maximum absolute atomic E-state index is 12.4. The smallest absolute Gasteiger partial charge is 0.741 e. The summed E-state index contributed by atoms with van der Waals surface area (Å²) in [6.07, 6.45) is 0. The van der Waals surface area contributed by atoms with E-state index in [-0.39, 0.29) is 95.4 Å². The van der Waals surface area contributed by atoms with Crippen molar-refractivity contribution in [2.45, 2.75) is 41.5 Å². The van der Waals surface area contributed by atoms with E-state index in [1.165, 1.54) is 48.5 Å². The zero-order chi connectivity index (χ0) is 53.3. The second-order valence-electron chi connectivity index (χ2n) is 12.3. The van der Waals surface area contributed by atoms with E-state index in [0.717, 1.165) is 0 Å². The van der Waals surface area contributed by atoms with E-state index in [1.807, 2.05) is 0 Å². The molecule has 10 N–H and O–H groups in total. The van der Waals surface area contributed by atoms with E-state index in [1.54, 1.807) is 62.7 Å². The zero-order valence-corrected chi connectivity index (χ0v) is 55.8. The predicted octanol–water partition coefficient (Wildman–Crippen LogP) is 1.37. The van der Waals surface area contributed by atoms with Crippen LogP contribution in [0.5, 0.6) is 0 Å². The minimum atomic E-state index is -0.552. The van der Waals surface area contributed by atoms with E-state index in [9.17, 15) is 19.2 Å². The third-order valence-corrected chi connectivity index (χ3v) is 9.26. The summed E-state index contributed by atoms with van der Waals surface area (Å²) in [6, 6.07) is 11.6. The topological polar surface area (TPSA) is 339 Å². The van der Waals surface area contributed by atoms with Crippen molar-refractivity contribution in [3.05, 3.63) is 70.8 Å². The Hall–Kier alpha value is -4.71. The molecule has 2 aromatic rings. The summed E-state index contributed by atoms with van der Waals surface area (Å²) in [5.41, 5.74) is 16.1. The minimum absolute atomic E-state index is 0. The van der Waals surface area contributed by atoms with Gasteiger partial charge in [-0.25, -0.2) is 0 Å². The van der Waals surface area contributed by atoms with Crippen molar-refractivity contribution in [1.29, 1.82) is 0 Å². The molecule has 0 heterocycles. The molecular weight excluding hydrogens is 1260 g/mol. The van der Waals surface area contributed by atoms with Gasteiger partial charge in [0.05, 0.1) is 34.3 Å². The molecule has 0 saturated carbocycles. The number of carbonyl (C=O) groups excluding carboxylic acids is 4. The Morgan fingerprint density at radius 2 is 0.575 bits per heavy atom. The Morgan fingerprint density at radius 3 is 0.781 bits per heavy atom. The Kier molecular flexibility index (Phi) is 43.7. The third kappa shape index (κ3) is 34.4. The van der Waals surface area contributed by atoms with Crippen LogP contribution in [0, 0.1) is 0 Å². The first-order valence-corrected chi connectivity index (χ1v) is 22.2. The molecular formula is C37H45Cl2N21O4S6Zn3. The second-order valence-corrected chi connectivity index (χ2v) is 15.3. The number of halogens is 2. The molecule has 0 fully saturated rings. The van der Waals surface area contributed by atoms with E-state index in [0.29, 0.717) is 50.6 Å². The summed E-state index contributed by atoms with van der Waals surface area (Å²) < 4.78 is 0. The SMILES string of the molecule is CNC([S-])=NN=C(C)C(C)=NN=C([S-])NN.CNC([S-])=NN=C(C)C(C)=NN=C([S-])NNC(=O)c1ccc(C(=O)NNC([S-])=NN=C(C)C(C)=NN=C([S-])NC)cc1.O=C(Cl)c1ccc(C(=O)Cl)cc1.[Zn+2].[Zn+2].[Zn+2]. The van der Waals surface area contributed by atoms with Crippen molar-refractivity contribution in [3.63, 3.8) is 0 Å². The molecule has 25 nitrogen and oxygen atoms in total. The van der Waals surface area contributed by atoms with Gasteiger partial charge in [0.25, 0.3) is 22.3 Å². The fraction of sp³-hybridized carbons (Fsp3) is 0.243. The molecule has 0 aliphatic carbocycles. The number of carbonyl (C=O) groups is 4. The molecule has 36 heteroatoms. The molecule has 73 heavy (non-hydrogen) atoms. The van der Waals surface area contributed by atoms with Gasteiger partial charge in [-0.1, -0.05) is 0 Å². The summed E-state index contributed by atoms with van der Waals surface area (Å²) in [6.45, 7) is 10.1. The Morgan fingerprint density at radius 1 is 0.370 bits per heavy atom. The largest absolute Gasteiger partial charge is 2.00 e. The summed E-state index contributed by atoms with van der Waals surface area (Å²) in [7, 11) is 4.92. The van der Waals surface area contributed by atoms with Gasteiger partial charge in [-0.3, -0.25) is 35.9 Å². The van der Waals surface area contributed by atoms with Crippen LogP contribution in [-0.2, 0) is 134 Å². The summed E-state index contributed by atoms with van der Waals surface area (Å²) >= 11 is 39.7. The molecule has 0 saturated heterocycles. The van der Waals surface area contributed by atoms with Crippen LogP contribution in [0.1, 0.15) is 83.0 Å². The average Bonchev–Trinajstić information content (AvgIpc) is 3.36. The van der Waals surface area contributed by atoms with Gasteiger partial charge in [0.2, 0.25) is 0 Å². The van der Waals surface area contributed by atoms with Crippen LogP contribution in [0.25, 0.3) is 0 Å². The number of hydrogen-bond donors (Lipinski definition) is 9. The van der Waals surface area contributed by atoms with Crippen molar-refractivity contribution in [3.8, 4) is 0 Å². The number of hydrogen-bond acceptors (Lipinski definition) is 23. The van der Waals surface area contributed by atoms with Crippen molar-refractivity contribution in [2.24, 2.45) is 67.1 Å². The van der Waals surface area contributed by atoms with Crippen LogP contribution >= 0.6 is 23.2 Å². The standard InChI is InChI=1S/C22H32N14O2S4.C8H4Cl2O2.C7H15N7S2.3Zn/c1-11(25-31-19(39)23-5)13(3)27-33-21(41)35-29-17(37)15-7-9-16(10-8-15)18(38)30-36-22(42)34-28-14(4)12(2)26-32-20(40)24-6;9-7(11)5-1-2-6(4-3-5)8(10)12;1-4(11-13-6(15)9-3)5(2)12-14-7(16)10-8;;;/h7-10H,1-6H3,(H,29,37)(H,30,38)(H2,23,31,39)(H2,24,32,40)(H2,33,35,41)(H2,34,36,42);1-4H;8H2,1-3H3,(H2,9,13,15)(H2,10,14,16);;;/q;;;3*+2/p-6. The van der Waals surface area contributed by atoms with Crippen LogP contribution in [-0.4, -0.2) is 109 Å². The summed E-state index contributed by atoms with van der Waals surface area (Å²) in [5.74, 6) is 3.97. The molecule has 378 valence electrons. The van der Waals surface area contributed by atoms with Gasteiger partial charge < -0.3 is 108 Å². The number of nitrogens with zero attached hydrogens (tertiary/aromatic N) is 12. The fourth-order valence-corrected chi connectivity index (χ4v) is 3.85. The molecule has 0 aromatic heterocycles. The van der Waals surface area contributed by atoms with Gasteiger partial charge in [-0.2, -0.15) is 61.2 Å². The number of amidine groups is 6. The molecule has 2 aromatic carbocycles. The first-order chi connectivity index (χ1) is 33.0. The van der Waals surface area contributed by atoms with Crippen LogP contribution in [0.2, 0.25) is 0 Å². The van der Waals surface area contributed by atoms with Crippen LogP contribution in [0.4, 0.5) is 0 Å². The van der Waals surface area contributed by atoms with E-state index >= 15 is 0 Å². The van der Waals surface area contributed by atoms with Gasteiger partial charge >= 0.3 is 58.4 Å². The number of benzene rings is 2. The predicted molar refractivity (Wildman–Crippen MR) is 296 cm³/mol. The molecule has 2 amide bonds. The van der Waals surface area contributed by atoms with Gasteiger partial charge in [0.15, 0.2) is 0 Å². The molecule has 0 aliphatic heterocycles. The zero-order valence-electron chi connectivity index (χ0n) is 40.5. The third-order valence-electron chi connectivity index (χ3n) is 7.39. The average molecular weight is 1310 g/mol. The number of amides is 2. The maximum Gasteiger partial charge on any atom is 2.00 e. The normalized spacial score (nSPS) is 13.0. The van der Waals surface area contributed by atoms with E-state index in [4.69, 9.17) is 92.2 Å². The van der Waals surface area contributed by atoms with Crippen molar-refractivity contribution in [1.82, 2.24) is 43.1 Å². The van der Waals surface area contributed by atoms with E-state index in [2.05, 4.69) is 117 Å². The molecule has 2 rings (SSSR count). The molecule has 0 radical (unpaired) electrons. The minimum Gasteiger partial charge on any atom is -0.741 e. The molecule has 0 aliphatic rings. The Bertz CT molecular complexity index is 2360. The van der Waals surface area contributed by atoms with Crippen LogP contribution in [0.15, 0.2) is 110 Å². The molecule has 0 bridgehead atoms. The number of rotatable bonds is 13. The fourth-order valence-electron chi connectivity index (χ4n) is 3.26. The molecule has 0 atom stereocenters. The van der Waals surface area contributed by atoms with Crippen molar-refractivity contribution < 1.29 is 77.6 Å². The van der Waals surface area contributed by atoms with Gasteiger partial charge in [0.1, 0.15) is 0 Å². The van der Waals surface area contributed by atoms with Gasteiger partial charge in [-0.05, 0) is 129 Å². The quantitative estimate of drug-likeness (QED) is 0.0260. The van der Waals surface area contributed by atoms with Crippen molar-refractivity contribution in [2.75, 3.05) is 21.1 Å². The first-order valence-electron chi connectivity index (χ1n) is 19.0. The monoisotopic (exact) mass is 1300 g/mol.